The molecule has 2 aromatic carbocycles. The number of carbonyl (C=O) groups is 4. The molecular formula is C34H38N4O8. The number of anilines is 1. The topological polar surface area (TPSA) is 194 Å². The van der Waals surface area contributed by atoms with Gasteiger partial charge in [0, 0.05) is 17.2 Å². The fourth-order valence-electron chi connectivity index (χ4n) is 7.77. The molecule has 0 bridgehead atoms. The Kier molecular flexibility index (Phi) is 7.99. The van der Waals surface area contributed by atoms with Crippen molar-refractivity contribution in [1.29, 1.82) is 0 Å². The van der Waals surface area contributed by atoms with E-state index in [0.29, 0.717) is 23.4 Å². The van der Waals surface area contributed by atoms with Crippen molar-refractivity contribution in [2.75, 3.05) is 39.0 Å². The van der Waals surface area contributed by atoms with Gasteiger partial charge >= 0.3 is 0 Å². The third kappa shape index (κ3) is 4.97. The highest BCUT2D eigenvalue weighted by Gasteiger charge is 2.64. The fraction of sp³-hybridized carbons (Fsp3) is 0.412. The number of likely N-dealkylation sites (tertiary alicyclic amines) is 1. The van der Waals surface area contributed by atoms with Crippen LogP contribution in [-0.2, 0) is 25.6 Å². The molecule has 2 aromatic rings. The Hall–Kier alpha value is -4.52. The Morgan fingerprint density at radius 1 is 1.02 bits per heavy atom. The predicted octanol–water partition coefficient (Wildman–Crippen LogP) is 2.06. The normalized spacial score (nSPS) is 26.5. The third-order valence-electron chi connectivity index (χ3n) is 9.90. The zero-order chi connectivity index (χ0) is 33.1. The summed E-state index contributed by atoms with van der Waals surface area (Å²) in [5.41, 5.74) is 4.28. The first-order valence-electron chi connectivity index (χ1n) is 15.5. The Balaban J connectivity index is 1.35. The van der Waals surface area contributed by atoms with E-state index in [1.165, 1.54) is 17.4 Å². The quantitative estimate of drug-likeness (QED) is 0.257. The van der Waals surface area contributed by atoms with Gasteiger partial charge in [-0.3, -0.25) is 29.0 Å². The lowest BCUT2D eigenvalue weighted by Gasteiger charge is -2.50. The first kappa shape index (κ1) is 31.5. The van der Waals surface area contributed by atoms with Crippen LogP contribution < -0.4 is 11.1 Å². The van der Waals surface area contributed by atoms with Crippen LogP contribution in [0.4, 0.5) is 5.69 Å². The van der Waals surface area contributed by atoms with Crippen LogP contribution in [0.3, 0.4) is 0 Å². The van der Waals surface area contributed by atoms with E-state index in [2.05, 4.69) is 10.2 Å². The number of benzene rings is 2. The van der Waals surface area contributed by atoms with E-state index in [-0.39, 0.29) is 35.6 Å². The smallest absolute Gasteiger partial charge is 0.255 e. The van der Waals surface area contributed by atoms with Crippen LogP contribution in [0, 0.1) is 11.8 Å². The summed E-state index contributed by atoms with van der Waals surface area (Å²) >= 11 is 0. The molecule has 2 amide bonds. The third-order valence-corrected chi connectivity index (χ3v) is 9.90. The molecule has 4 atom stereocenters. The van der Waals surface area contributed by atoms with Gasteiger partial charge in [-0.2, -0.15) is 0 Å². The zero-order valence-electron chi connectivity index (χ0n) is 25.7. The summed E-state index contributed by atoms with van der Waals surface area (Å²) in [7, 11) is 3.12. The van der Waals surface area contributed by atoms with Crippen LogP contribution in [0.25, 0.3) is 16.9 Å². The number of phenolic OH excluding ortho intramolecular Hbond substituents is 1. The van der Waals surface area contributed by atoms with E-state index >= 15 is 0 Å². The molecule has 1 saturated carbocycles. The van der Waals surface area contributed by atoms with Crippen molar-refractivity contribution in [2.45, 2.75) is 43.7 Å². The highest BCUT2D eigenvalue weighted by Crippen LogP contribution is 2.53. The van der Waals surface area contributed by atoms with Crippen LogP contribution in [0.15, 0.2) is 53.3 Å². The molecule has 1 aliphatic heterocycles. The van der Waals surface area contributed by atoms with Crippen molar-refractivity contribution in [1.82, 2.24) is 9.80 Å². The molecule has 242 valence electrons. The molecule has 12 heteroatoms. The number of hydrogen-bond donors (Lipinski definition) is 6. The largest absolute Gasteiger partial charge is 0.508 e. The van der Waals surface area contributed by atoms with Crippen LogP contribution >= 0.6 is 0 Å². The number of aromatic hydroxyl groups is 1. The number of hydrogen-bond acceptors (Lipinski definition) is 10. The number of likely N-dealkylation sites (N-methyl/N-ethyl adjacent to an activating group) is 1. The highest BCUT2D eigenvalue weighted by atomic mass is 16.3. The number of fused-ring (bicyclic) bond motifs is 3. The maximum absolute atomic E-state index is 14.0. The van der Waals surface area contributed by atoms with Crippen molar-refractivity contribution >= 4 is 34.8 Å². The zero-order valence-corrected chi connectivity index (χ0v) is 25.7. The number of ketones is 2. The number of aliphatic hydroxyl groups excluding tert-OH is 2. The first-order chi connectivity index (χ1) is 21.8. The van der Waals surface area contributed by atoms with E-state index in [1.807, 2.05) is 12.1 Å². The summed E-state index contributed by atoms with van der Waals surface area (Å²) in [5, 5.41) is 48.1. The number of primary amides is 1. The number of piperidine rings is 1. The Morgan fingerprint density at radius 3 is 2.33 bits per heavy atom. The molecule has 1 heterocycles. The molecule has 2 fully saturated rings. The van der Waals surface area contributed by atoms with Gasteiger partial charge in [-0.25, -0.2) is 0 Å². The van der Waals surface area contributed by atoms with Crippen molar-refractivity contribution in [3.63, 3.8) is 0 Å². The minimum absolute atomic E-state index is 0.00282. The molecule has 6 rings (SSSR count). The van der Waals surface area contributed by atoms with Gasteiger partial charge in [0.25, 0.3) is 5.91 Å². The first-order valence-corrected chi connectivity index (χ1v) is 15.5. The minimum Gasteiger partial charge on any atom is -0.508 e. The Bertz CT molecular complexity index is 1710. The van der Waals surface area contributed by atoms with Crippen molar-refractivity contribution in [3.05, 3.63) is 64.4 Å². The Morgan fingerprint density at radius 2 is 1.70 bits per heavy atom. The van der Waals surface area contributed by atoms with Crippen molar-refractivity contribution < 1.29 is 39.6 Å². The van der Waals surface area contributed by atoms with Gasteiger partial charge in [-0.1, -0.05) is 24.6 Å². The number of nitrogens with one attached hydrogen (secondary N) is 1. The summed E-state index contributed by atoms with van der Waals surface area (Å²) in [4.78, 5) is 55.8. The van der Waals surface area contributed by atoms with E-state index in [4.69, 9.17) is 5.73 Å². The number of nitrogens with zero attached hydrogens (tertiary/aromatic N) is 2. The highest BCUT2D eigenvalue weighted by molar-refractivity contribution is 6.24. The van der Waals surface area contributed by atoms with Crippen LogP contribution in [-0.4, -0.2) is 99.0 Å². The maximum atomic E-state index is 14.0. The summed E-state index contributed by atoms with van der Waals surface area (Å²) in [6.07, 6.45) is 3.54. The van der Waals surface area contributed by atoms with Crippen molar-refractivity contribution in [2.24, 2.45) is 17.6 Å². The molecule has 1 unspecified atom stereocenters. The van der Waals surface area contributed by atoms with E-state index in [1.54, 1.807) is 32.3 Å². The molecule has 1 saturated heterocycles. The predicted molar refractivity (Wildman–Crippen MR) is 169 cm³/mol. The molecule has 46 heavy (non-hydrogen) atoms. The lowest BCUT2D eigenvalue weighted by atomic mass is 9.57. The van der Waals surface area contributed by atoms with Gasteiger partial charge < -0.3 is 31.5 Å². The summed E-state index contributed by atoms with van der Waals surface area (Å²) in [6, 6.07) is 9.14. The average molecular weight is 631 g/mol. The van der Waals surface area contributed by atoms with Gasteiger partial charge in [0.05, 0.1) is 18.2 Å². The monoisotopic (exact) mass is 630 g/mol. The van der Waals surface area contributed by atoms with Gasteiger partial charge in [-0.05, 0) is 93.7 Å². The van der Waals surface area contributed by atoms with Crippen LogP contribution in [0.1, 0.15) is 36.8 Å². The SMILES string of the molecule is CN(C)C1C(=O)C(C(N)=O)=C(O)[C@@]2(O)C(=O)C3=C(O)c4c(O)ccc(-c5ccc(NC(=O)CN6CCCCC6)cc5)c4C[C@H]3C[C@@H]12. The second kappa shape index (κ2) is 11.7. The van der Waals surface area contributed by atoms with Crippen LogP contribution in [0.5, 0.6) is 5.75 Å². The molecule has 3 aliphatic carbocycles. The lowest BCUT2D eigenvalue weighted by molar-refractivity contribution is -0.153. The standard InChI is InChI=1S/C34H38N4O8/c1-37(2)28-22-15-18-14-21-20(17-6-8-19(9-7-17)36-24(40)16-38-12-4-3-5-13-38)10-11-23(39)26(21)29(41)25(18)31(43)34(22,46)32(44)27(30(28)42)33(35)45/h6-11,18,22,28,39,41,44,46H,3-5,12-16H2,1-2H3,(H2,35,45)(H,36,40)/t18-,22-,28?,34-/m0/s1. The second-order valence-corrected chi connectivity index (χ2v) is 12.9. The number of aliphatic hydroxyl groups is 3. The molecular weight excluding hydrogens is 592 g/mol. The van der Waals surface area contributed by atoms with E-state index in [9.17, 15) is 39.6 Å². The maximum Gasteiger partial charge on any atom is 0.255 e. The molecule has 4 aliphatic rings. The van der Waals surface area contributed by atoms with E-state index < -0.39 is 58.0 Å². The number of carbonyl (C=O) groups excluding carboxylic acids is 4. The average Bonchev–Trinajstić information content (AvgIpc) is 3.00. The number of nitrogens with two attached hydrogens (primary N) is 1. The number of phenols is 1. The molecule has 0 radical (unpaired) electrons. The molecule has 7 N–H and O–H groups in total. The fourth-order valence-corrected chi connectivity index (χ4v) is 7.77. The van der Waals surface area contributed by atoms with E-state index in [0.717, 1.165) is 31.5 Å². The summed E-state index contributed by atoms with van der Waals surface area (Å²) in [6.45, 7) is 2.15. The second-order valence-electron chi connectivity index (χ2n) is 12.9. The summed E-state index contributed by atoms with van der Waals surface area (Å²) in [5.74, 6) is -7.01. The molecule has 0 aromatic heterocycles. The lowest BCUT2D eigenvalue weighted by Crippen LogP contribution is -2.65. The summed E-state index contributed by atoms with van der Waals surface area (Å²) < 4.78 is 0. The van der Waals surface area contributed by atoms with Gasteiger partial charge in [0.15, 0.2) is 11.4 Å². The number of Topliss-reactive ketones (excluding diaryl/α,β-unsaturated/α-hetero) is 2. The molecule has 12 nitrogen and oxygen atoms in total. The van der Waals surface area contributed by atoms with Gasteiger partial charge in [0.1, 0.15) is 22.8 Å². The molecule has 0 spiro atoms. The minimum atomic E-state index is -2.69. The number of rotatable bonds is 6. The van der Waals surface area contributed by atoms with Crippen molar-refractivity contribution in [3.8, 4) is 16.9 Å². The van der Waals surface area contributed by atoms with Gasteiger partial charge in [0.2, 0.25) is 11.7 Å². The number of amides is 2. The van der Waals surface area contributed by atoms with Gasteiger partial charge in [-0.15, -0.1) is 0 Å². The Labute approximate surface area is 265 Å². The van der Waals surface area contributed by atoms with Crippen LogP contribution in [0.2, 0.25) is 0 Å².